The average molecular weight is 317 g/mol. The molecule has 1 heterocycles. The van der Waals surface area contributed by atoms with Crippen LogP contribution in [0, 0.1) is 0 Å². The molecule has 1 heteroatoms. The Kier molecular flexibility index (Phi) is 5.53. The standard InChI is InChI=1S/C23H27N/c1-19(2)23-22(24(23)18-21-15-9-4-10-16-21)17-11-5-8-14-20-12-6-3-7-13-20/h3-7,9-13,15-16,22H,8,14,17-18H2,1-2H3/b11-5-. The second-order valence-electron chi connectivity index (χ2n) is 6.75. The summed E-state index contributed by atoms with van der Waals surface area (Å²) in [5.41, 5.74) is 5.80. The Hall–Kier alpha value is -2.28. The largest absolute Gasteiger partial charge is 0.360 e. The molecule has 0 spiro atoms. The molecule has 124 valence electrons. The van der Waals surface area contributed by atoms with Gasteiger partial charge in [-0.25, -0.2) is 0 Å². The van der Waals surface area contributed by atoms with E-state index in [1.165, 1.54) is 22.4 Å². The first-order chi connectivity index (χ1) is 11.8. The van der Waals surface area contributed by atoms with Gasteiger partial charge >= 0.3 is 0 Å². The van der Waals surface area contributed by atoms with Crippen molar-refractivity contribution in [2.75, 3.05) is 0 Å². The molecule has 1 aliphatic heterocycles. The third-order valence-corrected chi connectivity index (χ3v) is 4.61. The lowest BCUT2D eigenvalue weighted by Crippen LogP contribution is -2.01. The fourth-order valence-corrected chi connectivity index (χ4v) is 3.35. The van der Waals surface area contributed by atoms with Gasteiger partial charge in [-0.3, -0.25) is 0 Å². The van der Waals surface area contributed by atoms with E-state index in [9.17, 15) is 0 Å². The molecular weight excluding hydrogens is 290 g/mol. The van der Waals surface area contributed by atoms with Crippen LogP contribution < -0.4 is 0 Å². The van der Waals surface area contributed by atoms with Crippen molar-refractivity contribution in [3.63, 3.8) is 0 Å². The Morgan fingerprint density at radius 1 is 0.875 bits per heavy atom. The number of allylic oxidation sites excluding steroid dienone is 2. The molecule has 1 atom stereocenters. The van der Waals surface area contributed by atoms with E-state index in [1.54, 1.807) is 0 Å². The molecule has 0 saturated carbocycles. The summed E-state index contributed by atoms with van der Waals surface area (Å²) < 4.78 is 0. The van der Waals surface area contributed by atoms with Crippen LogP contribution in [0.25, 0.3) is 0 Å². The topological polar surface area (TPSA) is 3.01 Å². The SMILES string of the molecule is CC(C)=C1C(C/C=C\CCc2ccccc2)N1Cc1ccccc1. The second kappa shape index (κ2) is 8.01. The summed E-state index contributed by atoms with van der Waals surface area (Å²) in [5, 5.41) is 0. The van der Waals surface area contributed by atoms with Crippen LogP contribution in [-0.4, -0.2) is 10.9 Å². The molecule has 0 aromatic heterocycles. The molecule has 0 amide bonds. The van der Waals surface area contributed by atoms with Crippen molar-refractivity contribution in [3.05, 3.63) is 95.2 Å². The summed E-state index contributed by atoms with van der Waals surface area (Å²) in [6, 6.07) is 22.1. The van der Waals surface area contributed by atoms with E-state index in [-0.39, 0.29) is 0 Å². The zero-order valence-corrected chi connectivity index (χ0v) is 14.8. The summed E-state index contributed by atoms with van der Waals surface area (Å²) in [4.78, 5) is 2.53. The maximum atomic E-state index is 2.53. The minimum absolute atomic E-state index is 0.600. The van der Waals surface area contributed by atoms with E-state index in [0.717, 1.165) is 25.8 Å². The molecule has 3 rings (SSSR count). The zero-order chi connectivity index (χ0) is 16.8. The lowest BCUT2D eigenvalue weighted by atomic mass is 10.1. The lowest BCUT2D eigenvalue weighted by Gasteiger charge is -2.03. The first kappa shape index (κ1) is 16.6. The van der Waals surface area contributed by atoms with Gasteiger partial charge in [0.25, 0.3) is 0 Å². The molecular formula is C23H27N. The number of hydrogen-bond acceptors (Lipinski definition) is 1. The minimum atomic E-state index is 0.600. The highest BCUT2D eigenvalue weighted by Crippen LogP contribution is 2.39. The molecule has 24 heavy (non-hydrogen) atoms. The molecule has 1 fully saturated rings. The highest BCUT2D eigenvalue weighted by molar-refractivity contribution is 5.33. The number of hydrogen-bond donors (Lipinski definition) is 0. The minimum Gasteiger partial charge on any atom is -0.360 e. The summed E-state index contributed by atoms with van der Waals surface area (Å²) in [7, 11) is 0. The van der Waals surface area contributed by atoms with Crippen LogP contribution in [0.15, 0.2) is 84.1 Å². The molecule has 0 bridgehead atoms. The first-order valence-electron chi connectivity index (χ1n) is 8.92. The van der Waals surface area contributed by atoms with Crippen molar-refractivity contribution in [2.45, 2.75) is 45.7 Å². The van der Waals surface area contributed by atoms with Gasteiger partial charge in [-0.05, 0) is 44.2 Å². The lowest BCUT2D eigenvalue weighted by molar-refractivity contribution is 0.513. The zero-order valence-electron chi connectivity index (χ0n) is 14.8. The van der Waals surface area contributed by atoms with E-state index in [2.05, 4.69) is 91.6 Å². The van der Waals surface area contributed by atoms with Gasteiger partial charge < -0.3 is 4.90 Å². The molecule has 1 nitrogen and oxygen atoms in total. The van der Waals surface area contributed by atoms with Crippen LogP contribution in [-0.2, 0) is 13.0 Å². The normalized spacial score (nSPS) is 16.7. The van der Waals surface area contributed by atoms with Crippen LogP contribution in [0.2, 0.25) is 0 Å². The number of benzene rings is 2. The Labute approximate surface area is 146 Å². The summed E-state index contributed by atoms with van der Waals surface area (Å²) in [5.74, 6) is 0. The highest BCUT2D eigenvalue weighted by Gasteiger charge is 2.39. The summed E-state index contributed by atoms with van der Waals surface area (Å²) >= 11 is 0. The molecule has 0 radical (unpaired) electrons. The molecule has 0 aliphatic carbocycles. The molecule has 1 aliphatic rings. The van der Waals surface area contributed by atoms with Gasteiger partial charge in [0.15, 0.2) is 0 Å². The van der Waals surface area contributed by atoms with Gasteiger partial charge in [0, 0.05) is 12.2 Å². The van der Waals surface area contributed by atoms with Gasteiger partial charge in [0.1, 0.15) is 0 Å². The van der Waals surface area contributed by atoms with E-state index in [1.807, 2.05) is 0 Å². The summed E-state index contributed by atoms with van der Waals surface area (Å²) in [6.45, 7) is 5.49. The fraction of sp³-hybridized carbons (Fsp3) is 0.304. The van der Waals surface area contributed by atoms with Crippen LogP contribution in [0.3, 0.4) is 0 Å². The van der Waals surface area contributed by atoms with Crippen LogP contribution in [0.1, 0.15) is 37.8 Å². The van der Waals surface area contributed by atoms with E-state index in [4.69, 9.17) is 0 Å². The van der Waals surface area contributed by atoms with Crippen molar-refractivity contribution < 1.29 is 0 Å². The van der Waals surface area contributed by atoms with Gasteiger partial charge in [-0.1, -0.05) is 78.4 Å². The maximum Gasteiger partial charge on any atom is 0.0725 e. The summed E-state index contributed by atoms with van der Waals surface area (Å²) in [6.07, 6.45) is 8.09. The third-order valence-electron chi connectivity index (χ3n) is 4.61. The fourth-order valence-electron chi connectivity index (χ4n) is 3.35. The van der Waals surface area contributed by atoms with Crippen LogP contribution >= 0.6 is 0 Å². The Balaban J connectivity index is 1.49. The smallest absolute Gasteiger partial charge is 0.0725 e. The van der Waals surface area contributed by atoms with E-state index >= 15 is 0 Å². The number of rotatable bonds is 7. The van der Waals surface area contributed by atoms with Gasteiger partial charge in [-0.15, -0.1) is 0 Å². The molecule has 0 N–H and O–H groups in total. The Morgan fingerprint density at radius 2 is 1.50 bits per heavy atom. The highest BCUT2D eigenvalue weighted by atomic mass is 15.3. The number of nitrogens with zero attached hydrogens (tertiary/aromatic N) is 1. The van der Waals surface area contributed by atoms with Gasteiger partial charge in [-0.2, -0.15) is 0 Å². The van der Waals surface area contributed by atoms with Gasteiger partial charge in [0.05, 0.1) is 6.04 Å². The van der Waals surface area contributed by atoms with Crippen LogP contribution in [0.5, 0.6) is 0 Å². The quantitative estimate of drug-likeness (QED) is 0.464. The van der Waals surface area contributed by atoms with Crippen molar-refractivity contribution in [3.8, 4) is 0 Å². The van der Waals surface area contributed by atoms with Crippen molar-refractivity contribution >= 4 is 0 Å². The van der Waals surface area contributed by atoms with Crippen molar-refractivity contribution in [1.82, 2.24) is 4.90 Å². The van der Waals surface area contributed by atoms with Gasteiger partial charge in [0.2, 0.25) is 0 Å². The average Bonchev–Trinajstić information content (AvgIpc) is 3.29. The maximum absolute atomic E-state index is 2.53. The molecule has 1 unspecified atom stereocenters. The van der Waals surface area contributed by atoms with Crippen molar-refractivity contribution in [2.24, 2.45) is 0 Å². The monoisotopic (exact) mass is 317 g/mol. The van der Waals surface area contributed by atoms with Crippen LogP contribution in [0.4, 0.5) is 0 Å². The molecule has 1 saturated heterocycles. The van der Waals surface area contributed by atoms with E-state index < -0.39 is 0 Å². The second-order valence-corrected chi connectivity index (χ2v) is 6.75. The van der Waals surface area contributed by atoms with Crippen molar-refractivity contribution in [1.29, 1.82) is 0 Å². The predicted octanol–water partition coefficient (Wildman–Crippen LogP) is 5.74. The Bertz CT molecular complexity index is 693. The third kappa shape index (κ3) is 4.38. The van der Waals surface area contributed by atoms with E-state index in [0.29, 0.717) is 6.04 Å². The molecule has 2 aromatic rings. The Morgan fingerprint density at radius 3 is 2.12 bits per heavy atom. The first-order valence-corrected chi connectivity index (χ1v) is 8.92. The number of aryl methyl sites for hydroxylation is 1. The molecule has 2 aromatic carbocycles. The predicted molar refractivity (Wildman–Crippen MR) is 103 cm³/mol.